The zero-order chi connectivity index (χ0) is 15.5. The van der Waals surface area contributed by atoms with Crippen molar-refractivity contribution in [1.29, 1.82) is 0 Å². The third-order valence-corrected chi connectivity index (χ3v) is 3.23. The van der Waals surface area contributed by atoms with Gasteiger partial charge in [0.1, 0.15) is 12.6 Å². The second-order valence-corrected chi connectivity index (χ2v) is 4.79. The highest BCUT2D eigenvalue weighted by Crippen LogP contribution is 2.17. The van der Waals surface area contributed by atoms with Gasteiger partial charge in [-0.1, -0.05) is 0 Å². The minimum absolute atomic E-state index is 0.221. The number of carbonyl (C=O) groups is 2. The first-order chi connectivity index (χ1) is 9.11. The predicted molar refractivity (Wildman–Crippen MR) is 64.3 cm³/mol. The summed E-state index contributed by atoms with van der Waals surface area (Å²) in [6.07, 6.45) is -4.43. The highest BCUT2D eigenvalue weighted by Gasteiger charge is 2.34. The summed E-state index contributed by atoms with van der Waals surface area (Å²) in [5, 5.41) is 8.87. The lowest BCUT2D eigenvalue weighted by molar-refractivity contribution is -0.144. The Bertz CT molecular complexity index is 368. The Kier molecular flexibility index (Phi) is 5.21. The van der Waals surface area contributed by atoms with E-state index in [-0.39, 0.29) is 13.1 Å². The molecule has 0 radical (unpaired) electrons. The number of nitrogens with zero attached hydrogens (tertiary/aromatic N) is 3. The van der Waals surface area contributed by atoms with E-state index >= 15 is 0 Å². The number of hydrogen-bond donors (Lipinski definition) is 1. The molecular weight excluding hydrogens is 279 g/mol. The van der Waals surface area contributed by atoms with Gasteiger partial charge in [-0.15, -0.1) is 0 Å². The summed E-state index contributed by atoms with van der Waals surface area (Å²) >= 11 is 0. The molecule has 9 heteroatoms. The molecule has 1 aliphatic rings. The topological polar surface area (TPSA) is 64.1 Å². The van der Waals surface area contributed by atoms with E-state index < -0.39 is 30.8 Å². The van der Waals surface area contributed by atoms with Crippen LogP contribution in [0.15, 0.2) is 0 Å². The Labute approximate surface area is 114 Å². The van der Waals surface area contributed by atoms with E-state index in [4.69, 9.17) is 5.11 Å². The van der Waals surface area contributed by atoms with Crippen LogP contribution in [0, 0.1) is 0 Å². The van der Waals surface area contributed by atoms with Gasteiger partial charge in [-0.25, -0.2) is 4.79 Å². The van der Waals surface area contributed by atoms with Crippen molar-refractivity contribution in [2.45, 2.75) is 19.1 Å². The first-order valence-electron chi connectivity index (χ1n) is 6.15. The molecule has 2 amide bonds. The number of aliphatic carboxylic acids is 1. The van der Waals surface area contributed by atoms with E-state index in [1.165, 1.54) is 11.8 Å². The fourth-order valence-corrected chi connectivity index (χ4v) is 2.03. The van der Waals surface area contributed by atoms with Crippen molar-refractivity contribution < 1.29 is 27.9 Å². The molecule has 0 aromatic carbocycles. The molecule has 1 atom stereocenters. The van der Waals surface area contributed by atoms with Crippen LogP contribution in [0.5, 0.6) is 0 Å². The molecule has 0 aromatic heterocycles. The largest absolute Gasteiger partial charge is 0.480 e. The molecule has 1 saturated heterocycles. The standard InChI is InChI=1S/C11H18F3N3O3/c1-8(9(18)19)16-3-5-17(6-4-16)10(20)15(2)7-11(12,13)14/h8H,3-7H2,1-2H3,(H,18,19). The Morgan fingerprint density at radius 3 is 2.15 bits per heavy atom. The quantitative estimate of drug-likeness (QED) is 0.832. The number of halogens is 3. The van der Waals surface area contributed by atoms with Crippen LogP contribution < -0.4 is 0 Å². The van der Waals surface area contributed by atoms with Gasteiger partial charge in [0.2, 0.25) is 0 Å². The molecule has 1 N–H and O–H groups in total. The fraction of sp³-hybridized carbons (Fsp3) is 0.818. The minimum atomic E-state index is -4.43. The van der Waals surface area contributed by atoms with Crippen LogP contribution in [0.1, 0.15) is 6.92 Å². The van der Waals surface area contributed by atoms with Gasteiger partial charge in [0.25, 0.3) is 0 Å². The molecule has 0 aliphatic carbocycles. The normalized spacial score (nSPS) is 18.8. The lowest BCUT2D eigenvalue weighted by atomic mass is 10.2. The van der Waals surface area contributed by atoms with Crippen LogP contribution >= 0.6 is 0 Å². The zero-order valence-electron chi connectivity index (χ0n) is 11.4. The van der Waals surface area contributed by atoms with Crippen molar-refractivity contribution in [2.75, 3.05) is 39.8 Å². The predicted octanol–water partition coefficient (Wildman–Crippen LogP) is 0.691. The number of rotatable bonds is 3. The maximum Gasteiger partial charge on any atom is 0.406 e. The second kappa shape index (κ2) is 6.29. The molecule has 116 valence electrons. The van der Waals surface area contributed by atoms with Crippen LogP contribution in [0.3, 0.4) is 0 Å². The van der Waals surface area contributed by atoms with Gasteiger partial charge >= 0.3 is 18.2 Å². The number of piperazine rings is 1. The van der Waals surface area contributed by atoms with E-state index in [0.717, 1.165) is 7.05 Å². The third kappa shape index (κ3) is 4.55. The molecular formula is C11H18F3N3O3. The van der Waals surface area contributed by atoms with Gasteiger partial charge in [-0.3, -0.25) is 9.69 Å². The molecule has 0 aromatic rings. The summed E-state index contributed by atoms with van der Waals surface area (Å²) in [6.45, 7) is 1.35. The first-order valence-corrected chi connectivity index (χ1v) is 6.15. The number of urea groups is 1. The van der Waals surface area contributed by atoms with Gasteiger partial charge < -0.3 is 14.9 Å². The van der Waals surface area contributed by atoms with E-state index in [1.807, 2.05) is 0 Å². The van der Waals surface area contributed by atoms with Crippen molar-refractivity contribution in [3.63, 3.8) is 0 Å². The summed E-state index contributed by atoms with van der Waals surface area (Å²) < 4.78 is 36.6. The van der Waals surface area contributed by atoms with Gasteiger partial charge in [0.05, 0.1) is 0 Å². The zero-order valence-corrected chi connectivity index (χ0v) is 11.4. The van der Waals surface area contributed by atoms with E-state index in [1.54, 1.807) is 4.90 Å². The number of hydrogen-bond acceptors (Lipinski definition) is 3. The monoisotopic (exact) mass is 297 g/mol. The number of carboxylic acids is 1. The lowest BCUT2D eigenvalue weighted by Crippen LogP contribution is -2.55. The summed E-state index contributed by atoms with van der Waals surface area (Å²) in [5.74, 6) is -0.959. The SMILES string of the molecule is CC(C(=O)O)N1CCN(C(=O)N(C)CC(F)(F)F)CC1. The third-order valence-electron chi connectivity index (χ3n) is 3.23. The molecule has 1 rings (SSSR count). The Balaban J connectivity index is 2.49. The molecule has 0 bridgehead atoms. The molecule has 1 fully saturated rings. The van der Waals surface area contributed by atoms with Gasteiger partial charge in [-0.05, 0) is 6.92 Å². The van der Waals surface area contributed by atoms with Crippen molar-refractivity contribution in [3.8, 4) is 0 Å². The second-order valence-electron chi connectivity index (χ2n) is 4.79. The molecule has 0 saturated carbocycles. The minimum Gasteiger partial charge on any atom is -0.480 e. The van der Waals surface area contributed by atoms with E-state index in [9.17, 15) is 22.8 Å². The van der Waals surface area contributed by atoms with Gasteiger partial charge in [0, 0.05) is 33.2 Å². The fourth-order valence-electron chi connectivity index (χ4n) is 2.03. The number of alkyl halides is 3. The smallest absolute Gasteiger partial charge is 0.406 e. The summed E-state index contributed by atoms with van der Waals surface area (Å²) in [4.78, 5) is 26.2. The Morgan fingerprint density at radius 2 is 1.75 bits per heavy atom. The van der Waals surface area contributed by atoms with Crippen molar-refractivity contribution in [3.05, 3.63) is 0 Å². The number of carboxylic acid groups (broad SMARTS) is 1. The van der Waals surface area contributed by atoms with Gasteiger partial charge in [0.15, 0.2) is 0 Å². The van der Waals surface area contributed by atoms with Gasteiger partial charge in [-0.2, -0.15) is 13.2 Å². The highest BCUT2D eigenvalue weighted by atomic mass is 19.4. The average molecular weight is 297 g/mol. The summed E-state index contributed by atoms with van der Waals surface area (Å²) in [6, 6.07) is -1.36. The van der Waals surface area contributed by atoms with Crippen LogP contribution in [0.25, 0.3) is 0 Å². The maximum absolute atomic E-state index is 12.2. The van der Waals surface area contributed by atoms with Crippen LogP contribution in [-0.4, -0.2) is 83.8 Å². The maximum atomic E-state index is 12.2. The average Bonchev–Trinajstić information content (AvgIpc) is 2.35. The number of carbonyl (C=O) groups excluding carboxylic acids is 1. The highest BCUT2D eigenvalue weighted by molar-refractivity contribution is 5.75. The van der Waals surface area contributed by atoms with Crippen molar-refractivity contribution in [1.82, 2.24) is 14.7 Å². The summed E-state index contributed by atoms with van der Waals surface area (Å²) in [7, 11) is 1.10. The Morgan fingerprint density at radius 1 is 1.25 bits per heavy atom. The van der Waals surface area contributed by atoms with Crippen LogP contribution in [-0.2, 0) is 4.79 Å². The molecule has 0 spiro atoms. The van der Waals surface area contributed by atoms with Crippen LogP contribution in [0.4, 0.5) is 18.0 Å². The van der Waals surface area contributed by atoms with Crippen molar-refractivity contribution >= 4 is 12.0 Å². The van der Waals surface area contributed by atoms with E-state index in [0.29, 0.717) is 18.0 Å². The Hall–Kier alpha value is -1.51. The molecule has 6 nitrogen and oxygen atoms in total. The lowest BCUT2D eigenvalue weighted by Gasteiger charge is -2.38. The van der Waals surface area contributed by atoms with E-state index in [2.05, 4.69) is 0 Å². The summed E-state index contributed by atoms with van der Waals surface area (Å²) in [5.41, 5.74) is 0. The molecule has 1 unspecified atom stereocenters. The number of amides is 2. The molecule has 1 heterocycles. The molecule has 1 aliphatic heterocycles. The van der Waals surface area contributed by atoms with Crippen molar-refractivity contribution in [2.24, 2.45) is 0 Å². The first kappa shape index (κ1) is 16.5. The van der Waals surface area contributed by atoms with Crippen LogP contribution in [0.2, 0.25) is 0 Å². The molecule has 20 heavy (non-hydrogen) atoms.